The van der Waals surface area contributed by atoms with Gasteiger partial charge in [-0.15, -0.1) is 0 Å². The highest BCUT2D eigenvalue weighted by Crippen LogP contribution is 2.33. The molecule has 0 radical (unpaired) electrons. The van der Waals surface area contributed by atoms with Gasteiger partial charge < -0.3 is 4.42 Å². The second-order valence-corrected chi connectivity index (χ2v) is 6.45. The van der Waals surface area contributed by atoms with Gasteiger partial charge in [-0.05, 0) is 36.4 Å². The molecule has 0 bridgehead atoms. The topological polar surface area (TPSA) is 64.6 Å². The summed E-state index contributed by atoms with van der Waals surface area (Å²) in [5, 5.41) is 4.03. The lowest BCUT2D eigenvalue weighted by Gasteiger charge is -2.10. The van der Waals surface area contributed by atoms with E-state index in [0.29, 0.717) is 27.2 Å². The van der Waals surface area contributed by atoms with Crippen LogP contribution >= 0.6 is 0 Å². The number of benzene rings is 3. The van der Waals surface area contributed by atoms with E-state index in [1.165, 1.54) is 0 Å². The fraction of sp³-hybridized carbons (Fsp3) is 0. The highest BCUT2D eigenvalue weighted by molar-refractivity contribution is 6.25. The molecule has 3 aromatic heterocycles. The van der Waals surface area contributed by atoms with Gasteiger partial charge in [-0.3, -0.25) is 9.20 Å². The summed E-state index contributed by atoms with van der Waals surface area (Å²) in [6, 6.07) is 14.7. The molecule has 3 aromatic carbocycles. The molecule has 0 saturated carbocycles. The molecule has 0 aliphatic heterocycles. The lowest BCUT2D eigenvalue weighted by molar-refractivity contribution is 0.494. The largest absolute Gasteiger partial charge is 0.423 e. The molecular formula is C21H10N2O3. The van der Waals surface area contributed by atoms with Crippen molar-refractivity contribution in [1.82, 2.24) is 9.38 Å². The van der Waals surface area contributed by atoms with E-state index in [4.69, 9.17) is 4.42 Å². The maximum atomic E-state index is 13.2. The first-order chi connectivity index (χ1) is 12.6. The maximum absolute atomic E-state index is 13.2. The van der Waals surface area contributed by atoms with Crippen molar-refractivity contribution in [2.45, 2.75) is 0 Å². The predicted molar refractivity (Wildman–Crippen MR) is 102 cm³/mol. The van der Waals surface area contributed by atoms with Crippen molar-refractivity contribution in [1.29, 1.82) is 0 Å². The molecule has 0 N–H and O–H groups in total. The molecule has 0 unspecified atom stereocenters. The van der Waals surface area contributed by atoms with Crippen LogP contribution in [0.1, 0.15) is 0 Å². The van der Waals surface area contributed by atoms with Crippen LogP contribution in [-0.4, -0.2) is 9.38 Å². The average molecular weight is 338 g/mol. The third kappa shape index (κ3) is 1.40. The minimum atomic E-state index is -0.447. The fourth-order valence-corrected chi connectivity index (χ4v) is 4.02. The number of para-hydroxylation sites is 2. The Bertz CT molecular complexity index is 1660. The van der Waals surface area contributed by atoms with Gasteiger partial charge in [0.25, 0.3) is 5.56 Å². The van der Waals surface area contributed by atoms with E-state index in [1.54, 1.807) is 16.5 Å². The van der Waals surface area contributed by atoms with Gasteiger partial charge in [-0.2, -0.15) is 0 Å². The summed E-state index contributed by atoms with van der Waals surface area (Å²) in [4.78, 5) is 30.2. The van der Waals surface area contributed by atoms with Crippen LogP contribution in [0.25, 0.3) is 55.6 Å². The van der Waals surface area contributed by atoms with Crippen molar-refractivity contribution >= 4 is 55.6 Å². The Hall–Kier alpha value is -3.73. The van der Waals surface area contributed by atoms with E-state index < -0.39 is 5.63 Å². The van der Waals surface area contributed by atoms with Crippen LogP contribution in [0.4, 0.5) is 0 Å². The molecule has 5 nitrogen and oxygen atoms in total. The number of hydrogen-bond donors (Lipinski definition) is 0. The van der Waals surface area contributed by atoms with Crippen molar-refractivity contribution in [2.24, 2.45) is 0 Å². The van der Waals surface area contributed by atoms with Crippen LogP contribution in [0.3, 0.4) is 0 Å². The molecule has 5 heteroatoms. The summed E-state index contributed by atoms with van der Waals surface area (Å²) < 4.78 is 6.88. The van der Waals surface area contributed by atoms with Crippen molar-refractivity contribution in [3.63, 3.8) is 0 Å². The third-order valence-electron chi connectivity index (χ3n) is 5.13. The van der Waals surface area contributed by atoms with Crippen molar-refractivity contribution in [2.75, 3.05) is 0 Å². The number of rotatable bonds is 0. The quantitative estimate of drug-likeness (QED) is 0.400. The molecule has 0 fully saturated rings. The van der Waals surface area contributed by atoms with Crippen molar-refractivity contribution in [3.8, 4) is 0 Å². The lowest BCUT2D eigenvalue weighted by Crippen LogP contribution is -2.16. The van der Waals surface area contributed by atoms with E-state index in [1.807, 2.05) is 36.4 Å². The molecule has 0 aliphatic rings. The summed E-state index contributed by atoms with van der Waals surface area (Å²) >= 11 is 0. The summed E-state index contributed by atoms with van der Waals surface area (Å²) in [5.41, 5.74) is 1.84. The molecule has 0 amide bonds. The summed E-state index contributed by atoms with van der Waals surface area (Å²) in [6.45, 7) is 3.84. The Morgan fingerprint density at radius 3 is 2.42 bits per heavy atom. The van der Waals surface area contributed by atoms with E-state index in [9.17, 15) is 9.59 Å². The number of fused-ring (bicyclic) bond motifs is 4. The number of nitrogens with zero attached hydrogens (tertiary/aromatic N) is 2. The Morgan fingerprint density at radius 2 is 1.54 bits per heavy atom. The number of pyridine rings is 1. The van der Waals surface area contributed by atoms with Gasteiger partial charge in [-0.25, -0.2) is 9.78 Å². The lowest BCUT2D eigenvalue weighted by atomic mass is 9.97. The second kappa shape index (κ2) is 4.26. The molecule has 6 rings (SSSR count). The third-order valence-corrected chi connectivity index (χ3v) is 5.13. The normalized spacial score (nSPS) is 12.3. The van der Waals surface area contributed by atoms with Crippen LogP contribution in [0.15, 0.2) is 62.5 Å². The standard InChI is InChI=1S/C21H10N2O3/c1-10-11-6-7-12-18-13(8-9-14(17(11)18)21(25)26-10)20(24)23-16-5-3-2-4-15(16)22-19(12)23/h2-9H,1H2. The summed E-state index contributed by atoms with van der Waals surface area (Å²) in [7, 11) is 0. The Balaban J connectivity index is 2.09. The van der Waals surface area contributed by atoms with Gasteiger partial charge in [0, 0.05) is 26.9 Å². The van der Waals surface area contributed by atoms with E-state index in [0.717, 1.165) is 27.2 Å². The first-order valence-corrected chi connectivity index (χ1v) is 8.19. The van der Waals surface area contributed by atoms with E-state index in [-0.39, 0.29) is 5.56 Å². The van der Waals surface area contributed by atoms with Gasteiger partial charge in [0.2, 0.25) is 0 Å². The minimum absolute atomic E-state index is 0.144. The molecule has 0 spiro atoms. The summed E-state index contributed by atoms with van der Waals surface area (Å²) in [6.07, 6.45) is 0. The average Bonchev–Trinajstić information content (AvgIpc) is 3.04. The van der Waals surface area contributed by atoms with Crippen LogP contribution < -0.4 is 16.6 Å². The van der Waals surface area contributed by atoms with Gasteiger partial charge in [0.1, 0.15) is 11.1 Å². The molecule has 0 saturated heterocycles. The smallest absolute Gasteiger partial charge is 0.344 e. The van der Waals surface area contributed by atoms with Crippen molar-refractivity contribution in [3.05, 3.63) is 74.7 Å². The van der Waals surface area contributed by atoms with Crippen LogP contribution in [0, 0.1) is 0 Å². The van der Waals surface area contributed by atoms with Crippen LogP contribution in [-0.2, 0) is 0 Å². The number of imidazole rings is 1. The van der Waals surface area contributed by atoms with Crippen molar-refractivity contribution < 1.29 is 4.42 Å². The molecule has 0 atom stereocenters. The van der Waals surface area contributed by atoms with E-state index in [2.05, 4.69) is 11.6 Å². The zero-order chi connectivity index (χ0) is 17.6. The Kier molecular flexibility index (Phi) is 2.22. The van der Waals surface area contributed by atoms with Gasteiger partial charge in [0.05, 0.1) is 16.4 Å². The second-order valence-electron chi connectivity index (χ2n) is 6.45. The fourth-order valence-electron chi connectivity index (χ4n) is 4.02. The monoisotopic (exact) mass is 338 g/mol. The van der Waals surface area contributed by atoms with Crippen LogP contribution in [0.5, 0.6) is 0 Å². The Labute approximate surface area is 144 Å². The zero-order valence-electron chi connectivity index (χ0n) is 13.4. The number of hydrogen-bond acceptors (Lipinski definition) is 4. The molecule has 3 heterocycles. The summed E-state index contributed by atoms with van der Waals surface area (Å²) in [5.74, 6) is 0. The maximum Gasteiger partial charge on any atom is 0.344 e. The van der Waals surface area contributed by atoms with E-state index >= 15 is 0 Å². The highest BCUT2D eigenvalue weighted by atomic mass is 16.4. The zero-order valence-corrected chi connectivity index (χ0v) is 13.4. The molecule has 26 heavy (non-hydrogen) atoms. The molecule has 0 aliphatic carbocycles. The SMILES string of the molecule is C=c1oc(=O)c2ccc3c(=O)n4c5ccccc5nc4c4ccc1c2c34. The first-order valence-electron chi connectivity index (χ1n) is 8.19. The molecular weight excluding hydrogens is 328 g/mol. The van der Waals surface area contributed by atoms with Gasteiger partial charge in [-0.1, -0.05) is 18.7 Å². The van der Waals surface area contributed by atoms with Gasteiger partial charge >= 0.3 is 5.63 Å². The minimum Gasteiger partial charge on any atom is -0.423 e. The Morgan fingerprint density at radius 1 is 0.846 bits per heavy atom. The van der Waals surface area contributed by atoms with Gasteiger partial charge in [0.15, 0.2) is 0 Å². The molecule has 6 aromatic rings. The molecule has 122 valence electrons. The predicted octanol–water partition coefficient (Wildman–Crippen LogP) is 2.83. The first kappa shape index (κ1) is 13.5. The van der Waals surface area contributed by atoms with Crippen LogP contribution in [0.2, 0.25) is 0 Å². The highest BCUT2D eigenvalue weighted by Gasteiger charge is 2.19. The number of aromatic nitrogens is 2.